The number of amides is 1. The van der Waals surface area contributed by atoms with Crippen LogP contribution < -0.4 is 10.6 Å². The third-order valence-corrected chi connectivity index (χ3v) is 4.64. The van der Waals surface area contributed by atoms with E-state index in [2.05, 4.69) is 10.6 Å². The lowest BCUT2D eigenvalue weighted by Gasteiger charge is -2.13. The smallest absolute Gasteiger partial charge is 0.269 e. The molecule has 0 bridgehead atoms. The number of nitrogens with zero attached hydrogens (tertiary/aromatic N) is 2. The zero-order valence-electron chi connectivity index (χ0n) is 15.4. The average molecular weight is 386 g/mol. The number of hydrogen-bond donors (Lipinski definition) is 2. The molecule has 1 amide bonds. The molecule has 7 nitrogen and oxygen atoms in total. The fraction of sp³-hybridized carbons (Fsp3) is 0.0909. The second-order valence-electron chi connectivity index (χ2n) is 6.59. The van der Waals surface area contributed by atoms with E-state index >= 15 is 0 Å². The Balaban J connectivity index is 1.63. The molecule has 1 aliphatic rings. The number of para-hydroxylation sites is 1. The van der Waals surface area contributed by atoms with Crippen LogP contribution in [0.15, 0.2) is 83.9 Å². The van der Waals surface area contributed by atoms with Crippen LogP contribution in [0.25, 0.3) is 0 Å². The van der Waals surface area contributed by atoms with Crippen molar-refractivity contribution in [2.24, 2.45) is 4.99 Å². The summed E-state index contributed by atoms with van der Waals surface area (Å²) in [6, 6.07) is 23.5. The lowest BCUT2D eigenvalue weighted by atomic mass is 10.0. The molecule has 7 heteroatoms. The SMILES string of the molecule is O=C1Nc2ccccc2C(c2ccccc2)=NC1NCc1ccc([N+](=O)[O-])cc1. The highest BCUT2D eigenvalue weighted by atomic mass is 16.6. The maximum atomic E-state index is 12.7. The van der Waals surface area contributed by atoms with Gasteiger partial charge in [0.05, 0.1) is 16.3 Å². The van der Waals surface area contributed by atoms with Crippen LogP contribution in [0, 0.1) is 10.1 Å². The molecule has 0 saturated carbocycles. The lowest BCUT2D eigenvalue weighted by molar-refractivity contribution is -0.384. The summed E-state index contributed by atoms with van der Waals surface area (Å²) in [5.41, 5.74) is 4.05. The van der Waals surface area contributed by atoms with E-state index in [0.29, 0.717) is 12.2 Å². The highest BCUT2D eigenvalue weighted by Crippen LogP contribution is 2.23. The van der Waals surface area contributed by atoms with Crippen LogP contribution >= 0.6 is 0 Å². The number of benzodiazepines with no additional fused rings is 1. The van der Waals surface area contributed by atoms with Crippen LogP contribution in [0.1, 0.15) is 16.7 Å². The molecule has 29 heavy (non-hydrogen) atoms. The fourth-order valence-electron chi connectivity index (χ4n) is 3.17. The van der Waals surface area contributed by atoms with E-state index in [4.69, 9.17) is 4.99 Å². The van der Waals surface area contributed by atoms with E-state index < -0.39 is 11.1 Å². The molecular weight excluding hydrogens is 368 g/mol. The fourth-order valence-corrected chi connectivity index (χ4v) is 3.17. The van der Waals surface area contributed by atoms with E-state index in [0.717, 1.165) is 22.4 Å². The van der Waals surface area contributed by atoms with Crippen molar-refractivity contribution in [1.29, 1.82) is 0 Å². The molecule has 1 atom stereocenters. The maximum Gasteiger partial charge on any atom is 0.269 e. The molecule has 4 rings (SSSR count). The number of benzene rings is 3. The number of hydrogen-bond acceptors (Lipinski definition) is 5. The van der Waals surface area contributed by atoms with E-state index in [-0.39, 0.29) is 11.6 Å². The number of rotatable bonds is 5. The standard InChI is InChI=1S/C22H18N4O3/c27-22-21(23-14-15-10-12-17(13-11-15)26(28)29)25-20(16-6-2-1-3-7-16)18-8-4-5-9-19(18)24-22/h1-13,21,23H,14H2,(H,24,27). The first-order valence-corrected chi connectivity index (χ1v) is 9.12. The van der Waals surface area contributed by atoms with Crippen LogP contribution in [0.2, 0.25) is 0 Å². The van der Waals surface area contributed by atoms with E-state index in [1.165, 1.54) is 12.1 Å². The van der Waals surface area contributed by atoms with Crippen molar-refractivity contribution in [2.45, 2.75) is 12.7 Å². The van der Waals surface area contributed by atoms with E-state index in [1.54, 1.807) is 12.1 Å². The van der Waals surface area contributed by atoms with Gasteiger partial charge in [-0.3, -0.25) is 25.2 Å². The Bertz CT molecular complexity index is 1080. The Morgan fingerprint density at radius 2 is 1.66 bits per heavy atom. The molecule has 0 radical (unpaired) electrons. The molecule has 0 saturated heterocycles. The number of carbonyl (C=O) groups is 1. The molecule has 0 fully saturated rings. The number of nitro groups is 1. The summed E-state index contributed by atoms with van der Waals surface area (Å²) in [6.07, 6.45) is -0.798. The van der Waals surface area contributed by atoms with Gasteiger partial charge in [-0.15, -0.1) is 0 Å². The molecule has 0 aliphatic carbocycles. The summed E-state index contributed by atoms with van der Waals surface area (Å²) in [5.74, 6) is -0.259. The largest absolute Gasteiger partial charge is 0.322 e. The highest BCUT2D eigenvalue weighted by molar-refractivity contribution is 6.19. The quantitative estimate of drug-likeness (QED) is 0.518. The Morgan fingerprint density at radius 3 is 2.38 bits per heavy atom. The first kappa shape index (κ1) is 18.5. The van der Waals surface area contributed by atoms with Gasteiger partial charge in [0, 0.05) is 29.8 Å². The molecule has 0 spiro atoms. The summed E-state index contributed by atoms with van der Waals surface area (Å²) in [4.78, 5) is 27.8. The minimum absolute atomic E-state index is 0.0285. The maximum absolute atomic E-state index is 12.7. The zero-order valence-corrected chi connectivity index (χ0v) is 15.4. The second kappa shape index (κ2) is 8.04. The molecule has 0 aromatic heterocycles. The molecule has 3 aromatic carbocycles. The van der Waals surface area contributed by atoms with Gasteiger partial charge in [0.1, 0.15) is 0 Å². The highest BCUT2D eigenvalue weighted by Gasteiger charge is 2.25. The number of fused-ring (bicyclic) bond motifs is 1. The normalized spacial score (nSPS) is 15.7. The van der Waals surface area contributed by atoms with Crippen LogP contribution in [0.4, 0.5) is 11.4 Å². The van der Waals surface area contributed by atoms with Crippen molar-refractivity contribution < 1.29 is 9.72 Å². The molecule has 2 N–H and O–H groups in total. The minimum Gasteiger partial charge on any atom is -0.322 e. The average Bonchev–Trinajstić information content (AvgIpc) is 2.89. The van der Waals surface area contributed by atoms with Crippen LogP contribution in [-0.2, 0) is 11.3 Å². The monoisotopic (exact) mass is 386 g/mol. The Hall–Kier alpha value is -3.84. The summed E-state index contributed by atoms with van der Waals surface area (Å²) in [5, 5.41) is 16.9. The van der Waals surface area contributed by atoms with Gasteiger partial charge in [-0.2, -0.15) is 0 Å². The predicted octanol–water partition coefficient (Wildman–Crippen LogP) is 3.50. The molecule has 3 aromatic rings. The van der Waals surface area contributed by atoms with Crippen molar-refractivity contribution in [3.63, 3.8) is 0 Å². The van der Waals surface area contributed by atoms with Gasteiger partial charge in [0.15, 0.2) is 6.17 Å². The first-order chi connectivity index (χ1) is 14.1. The zero-order chi connectivity index (χ0) is 20.2. The molecule has 1 aliphatic heterocycles. The van der Waals surface area contributed by atoms with Crippen LogP contribution in [-0.4, -0.2) is 22.7 Å². The number of nitro benzene ring substituents is 1. The van der Waals surface area contributed by atoms with E-state index in [1.807, 2.05) is 54.6 Å². The number of carbonyl (C=O) groups excluding carboxylic acids is 1. The molecule has 1 unspecified atom stereocenters. The van der Waals surface area contributed by atoms with Crippen molar-refractivity contribution >= 4 is 23.0 Å². The molecular formula is C22H18N4O3. The van der Waals surface area contributed by atoms with Crippen molar-refractivity contribution in [3.8, 4) is 0 Å². The number of non-ortho nitro benzene ring substituents is 1. The summed E-state index contributed by atoms with van der Waals surface area (Å²) in [7, 11) is 0. The number of aliphatic imine (C=N–C) groups is 1. The number of anilines is 1. The van der Waals surface area contributed by atoms with Crippen LogP contribution in [0.3, 0.4) is 0 Å². The van der Waals surface area contributed by atoms with Crippen molar-refractivity contribution in [1.82, 2.24) is 5.32 Å². The summed E-state index contributed by atoms with van der Waals surface area (Å²) < 4.78 is 0. The van der Waals surface area contributed by atoms with Gasteiger partial charge in [-0.25, -0.2) is 0 Å². The van der Waals surface area contributed by atoms with Crippen molar-refractivity contribution in [2.75, 3.05) is 5.32 Å². The summed E-state index contributed by atoms with van der Waals surface area (Å²) >= 11 is 0. The van der Waals surface area contributed by atoms with Gasteiger partial charge in [-0.1, -0.05) is 60.7 Å². The molecule has 144 valence electrons. The Kier molecular flexibility index (Phi) is 5.13. The van der Waals surface area contributed by atoms with Gasteiger partial charge in [0.25, 0.3) is 11.6 Å². The van der Waals surface area contributed by atoms with Crippen molar-refractivity contribution in [3.05, 3.63) is 106 Å². The third-order valence-electron chi connectivity index (χ3n) is 4.64. The van der Waals surface area contributed by atoms with Gasteiger partial charge in [-0.05, 0) is 11.6 Å². The summed E-state index contributed by atoms with van der Waals surface area (Å²) in [6.45, 7) is 0.345. The Morgan fingerprint density at radius 1 is 0.966 bits per heavy atom. The van der Waals surface area contributed by atoms with Gasteiger partial charge < -0.3 is 5.32 Å². The third kappa shape index (κ3) is 4.04. The first-order valence-electron chi connectivity index (χ1n) is 9.12. The molecule has 1 heterocycles. The van der Waals surface area contributed by atoms with Gasteiger partial charge >= 0.3 is 0 Å². The minimum atomic E-state index is -0.798. The van der Waals surface area contributed by atoms with Gasteiger partial charge in [0.2, 0.25) is 0 Å². The topological polar surface area (TPSA) is 96.6 Å². The predicted molar refractivity (Wildman–Crippen MR) is 111 cm³/mol. The lowest BCUT2D eigenvalue weighted by Crippen LogP contribution is -2.38. The second-order valence-corrected chi connectivity index (χ2v) is 6.59. The van der Waals surface area contributed by atoms with Crippen LogP contribution in [0.5, 0.6) is 0 Å². The Labute approximate surface area is 167 Å². The number of nitrogens with one attached hydrogen (secondary N) is 2. The van der Waals surface area contributed by atoms with E-state index in [9.17, 15) is 14.9 Å².